The molecule has 6 rings (SSSR count). The average molecular weight is 743 g/mol. The second-order valence-corrected chi connectivity index (χ2v) is 15.1. The molecule has 0 radical (unpaired) electrons. The number of benzene rings is 3. The highest BCUT2D eigenvalue weighted by atomic mass is 19.4. The summed E-state index contributed by atoms with van der Waals surface area (Å²) in [5.41, 5.74) is 0.711. The van der Waals surface area contributed by atoms with E-state index in [9.17, 15) is 41.8 Å². The molecule has 3 aliphatic carbocycles. The lowest BCUT2D eigenvalue weighted by Gasteiger charge is -2.46. The number of hydrogen-bond acceptors (Lipinski definition) is 5. The number of aliphatic hydroxyl groups excluding tert-OH is 1. The molecule has 3 aliphatic rings. The maximum Gasteiger partial charge on any atom is 0.573 e. The number of ketones is 1. The molecular formula is C41H47F5N2O5. The van der Waals surface area contributed by atoms with Crippen LogP contribution in [0.3, 0.4) is 0 Å². The maximum absolute atomic E-state index is 14.4. The van der Waals surface area contributed by atoms with Gasteiger partial charge in [-0.2, -0.15) is 0 Å². The van der Waals surface area contributed by atoms with Crippen molar-refractivity contribution < 1.29 is 46.5 Å². The number of urea groups is 1. The zero-order chi connectivity index (χ0) is 38.7. The summed E-state index contributed by atoms with van der Waals surface area (Å²) in [5, 5.41) is 26.6. The van der Waals surface area contributed by atoms with Gasteiger partial charge in [0.1, 0.15) is 5.75 Å². The topological polar surface area (TPSA) is 99.1 Å². The van der Waals surface area contributed by atoms with Crippen molar-refractivity contribution in [1.82, 2.24) is 10.2 Å². The molecule has 53 heavy (non-hydrogen) atoms. The van der Waals surface area contributed by atoms with Gasteiger partial charge in [0.25, 0.3) is 0 Å². The van der Waals surface area contributed by atoms with E-state index in [1.807, 2.05) is 26.0 Å². The van der Waals surface area contributed by atoms with E-state index in [2.05, 4.69) is 16.1 Å². The lowest BCUT2D eigenvalue weighted by Crippen LogP contribution is -2.55. The SMILES string of the molecule is CC1=CCCC2(C)C(CCC2(O)CN(Cc2ccc(OC(F)(F)F)cc2)C(=O)NC(C)C)c2ccc(cc2C(=O)c2ccc(F)c(F)c2)CC(O)CC1. The van der Waals surface area contributed by atoms with Crippen LogP contribution < -0.4 is 10.1 Å². The molecule has 0 aliphatic heterocycles. The van der Waals surface area contributed by atoms with Gasteiger partial charge >= 0.3 is 12.4 Å². The molecule has 4 atom stereocenters. The highest BCUT2D eigenvalue weighted by Crippen LogP contribution is 2.59. The van der Waals surface area contributed by atoms with Gasteiger partial charge in [0.05, 0.1) is 18.2 Å². The van der Waals surface area contributed by atoms with Crippen LogP contribution in [0.4, 0.5) is 26.7 Å². The third-order valence-electron chi connectivity index (χ3n) is 10.8. The van der Waals surface area contributed by atoms with Crippen LogP contribution in [0.15, 0.2) is 72.3 Å². The van der Waals surface area contributed by atoms with Gasteiger partial charge in [0.15, 0.2) is 17.4 Å². The molecule has 4 unspecified atom stereocenters. The summed E-state index contributed by atoms with van der Waals surface area (Å²) in [6, 6.07) is 12.9. The number of fused-ring (bicyclic) bond motifs is 8. The standard InChI is InChI=1S/C41H47F5N2O5/c1-25(2)47-38(51)48(23-27-8-13-31(14-9-27)53-41(44,45)46)24-40(52)19-17-34-32-15-10-28(20-30(49)12-7-26(3)6-5-18-39(34,40)4)21-33(32)37(50)29-11-16-35(42)36(43)22-29/h6,8-11,13-16,21-22,25,30,34,49,52H,5,7,12,17-20,23-24H2,1-4H3,(H,47,51). The third kappa shape index (κ3) is 9.45. The van der Waals surface area contributed by atoms with E-state index in [1.165, 1.54) is 35.2 Å². The molecule has 1 saturated carbocycles. The number of alkyl halides is 3. The number of nitrogens with zero attached hydrogens (tertiary/aromatic N) is 1. The Bertz CT molecular complexity index is 1830. The number of aliphatic hydroxyl groups is 2. The first-order chi connectivity index (χ1) is 24.9. The van der Waals surface area contributed by atoms with Crippen molar-refractivity contribution in [2.24, 2.45) is 5.41 Å². The van der Waals surface area contributed by atoms with Crippen LogP contribution in [-0.4, -0.2) is 57.6 Å². The molecule has 3 aromatic carbocycles. The molecule has 0 heterocycles. The number of ether oxygens (including phenoxy) is 1. The van der Waals surface area contributed by atoms with Gasteiger partial charge < -0.3 is 25.2 Å². The van der Waals surface area contributed by atoms with Crippen LogP contribution in [0.1, 0.15) is 105 Å². The third-order valence-corrected chi connectivity index (χ3v) is 10.8. The smallest absolute Gasteiger partial charge is 0.406 e. The number of carbonyl (C=O) groups excluding carboxylic acids is 2. The van der Waals surface area contributed by atoms with Gasteiger partial charge in [0, 0.05) is 29.1 Å². The van der Waals surface area contributed by atoms with Crippen LogP contribution in [-0.2, 0) is 13.0 Å². The maximum atomic E-state index is 14.4. The quantitative estimate of drug-likeness (QED) is 0.122. The zero-order valence-electron chi connectivity index (χ0n) is 30.4. The van der Waals surface area contributed by atoms with E-state index in [0.717, 1.165) is 17.7 Å². The van der Waals surface area contributed by atoms with Gasteiger partial charge in [0.2, 0.25) is 0 Å². The molecule has 2 amide bonds. The van der Waals surface area contributed by atoms with Crippen molar-refractivity contribution >= 4 is 11.8 Å². The number of allylic oxidation sites excluding steroid dienone is 2. The minimum atomic E-state index is -4.86. The number of rotatable bonds is 8. The van der Waals surface area contributed by atoms with E-state index in [0.29, 0.717) is 48.8 Å². The van der Waals surface area contributed by atoms with Crippen molar-refractivity contribution in [2.75, 3.05) is 6.54 Å². The molecule has 0 spiro atoms. The summed E-state index contributed by atoms with van der Waals surface area (Å²) in [7, 11) is 0. The van der Waals surface area contributed by atoms with E-state index in [1.54, 1.807) is 19.9 Å². The summed E-state index contributed by atoms with van der Waals surface area (Å²) >= 11 is 0. The van der Waals surface area contributed by atoms with Crippen LogP contribution in [0.5, 0.6) is 5.75 Å². The fourth-order valence-corrected chi connectivity index (χ4v) is 7.86. The molecule has 7 nitrogen and oxygen atoms in total. The second kappa shape index (κ2) is 16.0. The molecule has 2 bridgehead atoms. The zero-order valence-corrected chi connectivity index (χ0v) is 30.4. The predicted molar refractivity (Wildman–Crippen MR) is 190 cm³/mol. The number of halogens is 5. The summed E-state index contributed by atoms with van der Waals surface area (Å²) < 4.78 is 70.7. The fourth-order valence-electron chi connectivity index (χ4n) is 7.86. The molecule has 0 saturated heterocycles. The van der Waals surface area contributed by atoms with Gasteiger partial charge in [-0.05, 0) is 125 Å². The molecule has 12 heteroatoms. The van der Waals surface area contributed by atoms with E-state index < -0.39 is 58.6 Å². The summed E-state index contributed by atoms with van der Waals surface area (Å²) in [6.07, 6.45) is -0.343. The molecule has 1 fully saturated rings. The first-order valence-electron chi connectivity index (χ1n) is 18.0. The lowest BCUT2D eigenvalue weighted by atomic mass is 9.64. The van der Waals surface area contributed by atoms with Crippen LogP contribution in [0, 0.1) is 17.0 Å². The number of carbonyl (C=O) groups is 2. The van der Waals surface area contributed by atoms with Crippen LogP contribution >= 0.6 is 0 Å². The van der Waals surface area contributed by atoms with Crippen molar-refractivity contribution in [3.8, 4) is 5.75 Å². The summed E-state index contributed by atoms with van der Waals surface area (Å²) in [6.45, 7) is 7.38. The highest BCUT2D eigenvalue weighted by molar-refractivity contribution is 6.10. The lowest BCUT2D eigenvalue weighted by molar-refractivity contribution is -0.274. The van der Waals surface area contributed by atoms with Crippen molar-refractivity contribution in [1.29, 1.82) is 0 Å². The number of nitrogens with one attached hydrogen (secondary N) is 1. The summed E-state index contributed by atoms with van der Waals surface area (Å²) in [5.74, 6) is -3.58. The van der Waals surface area contributed by atoms with Gasteiger partial charge in [-0.1, -0.05) is 42.8 Å². The Hall–Kier alpha value is -4.29. The van der Waals surface area contributed by atoms with Crippen molar-refractivity contribution in [3.63, 3.8) is 0 Å². The molecule has 286 valence electrons. The molecule has 3 aromatic rings. The fraction of sp³-hybridized carbons (Fsp3) is 0.463. The highest BCUT2D eigenvalue weighted by Gasteiger charge is 2.57. The summed E-state index contributed by atoms with van der Waals surface area (Å²) in [4.78, 5) is 29.3. The molecule has 0 aromatic heterocycles. The Kier molecular flexibility index (Phi) is 12.0. The van der Waals surface area contributed by atoms with E-state index >= 15 is 0 Å². The van der Waals surface area contributed by atoms with Gasteiger partial charge in [-0.3, -0.25) is 4.79 Å². The minimum absolute atomic E-state index is 0.0240. The van der Waals surface area contributed by atoms with E-state index in [4.69, 9.17) is 0 Å². The van der Waals surface area contributed by atoms with E-state index in [-0.39, 0.29) is 43.1 Å². The van der Waals surface area contributed by atoms with Crippen molar-refractivity contribution in [3.05, 3.63) is 112 Å². The first-order valence-corrected chi connectivity index (χ1v) is 18.0. The average Bonchev–Trinajstić information content (AvgIpc) is 3.33. The number of hydrogen-bond donors (Lipinski definition) is 3. The monoisotopic (exact) mass is 742 g/mol. The van der Waals surface area contributed by atoms with Crippen molar-refractivity contribution in [2.45, 2.75) is 109 Å². The van der Waals surface area contributed by atoms with Crippen LogP contribution in [0.2, 0.25) is 0 Å². The Morgan fingerprint density at radius 1 is 1.00 bits per heavy atom. The normalized spacial score (nSPS) is 23.6. The Morgan fingerprint density at radius 3 is 2.38 bits per heavy atom. The van der Waals surface area contributed by atoms with Crippen LogP contribution in [0.25, 0.3) is 0 Å². The Balaban J connectivity index is 1.57. The number of amides is 2. The van der Waals surface area contributed by atoms with Gasteiger partial charge in [-0.25, -0.2) is 13.6 Å². The Morgan fingerprint density at radius 2 is 1.72 bits per heavy atom. The molecular weight excluding hydrogens is 695 g/mol. The second-order valence-electron chi connectivity index (χ2n) is 15.1. The van der Waals surface area contributed by atoms with Gasteiger partial charge in [-0.15, -0.1) is 13.2 Å². The predicted octanol–water partition coefficient (Wildman–Crippen LogP) is 8.75. The largest absolute Gasteiger partial charge is 0.573 e. The minimum Gasteiger partial charge on any atom is -0.406 e. The first kappa shape index (κ1) is 39.9. The molecule has 3 N–H and O–H groups in total. The Labute approximate surface area is 306 Å².